The molecular formula is C10H9Cl2NO. The highest BCUT2D eigenvalue weighted by atomic mass is 35.5. The molecule has 1 amide bonds. The number of rotatable bonds is 0. The maximum Gasteiger partial charge on any atom is 0.254 e. The van der Waals surface area contributed by atoms with Crippen molar-refractivity contribution in [3.63, 3.8) is 0 Å². The van der Waals surface area contributed by atoms with E-state index in [0.717, 1.165) is 5.56 Å². The van der Waals surface area contributed by atoms with Gasteiger partial charge in [0.1, 0.15) is 0 Å². The van der Waals surface area contributed by atoms with Gasteiger partial charge < -0.3 is 4.90 Å². The predicted octanol–water partition coefficient (Wildman–Crippen LogP) is 3.14. The molecule has 0 aromatic heterocycles. The van der Waals surface area contributed by atoms with Gasteiger partial charge in [-0.25, -0.2) is 0 Å². The number of fused-ring (bicyclic) bond motifs is 1. The zero-order valence-corrected chi connectivity index (χ0v) is 9.36. The Balaban J connectivity index is 2.65. The minimum Gasteiger partial charge on any atom is -0.335 e. The lowest BCUT2D eigenvalue weighted by atomic mass is 10.1. The molecular weight excluding hydrogens is 221 g/mol. The summed E-state index contributed by atoms with van der Waals surface area (Å²) in [6.07, 6.45) is 0. The normalized spacial score (nSPS) is 20.1. The molecule has 1 heterocycles. The summed E-state index contributed by atoms with van der Waals surface area (Å²) in [7, 11) is 1.77. The Morgan fingerprint density at radius 1 is 1.29 bits per heavy atom. The number of nitrogens with zero attached hydrogens (tertiary/aromatic N) is 1. The molecule has 2 rings (SSSR count). The van der Waals surface area contributed by atoms with Crippen molar-refractivity contribution in [1.29, 1.82) is 0 Å². The number of amides is 1. The van der Waals surface area contributed by atoms with Crippen LogP contribution in [-0.4, -0.2) is 17.9 Å². The molecule has 74 valence electrons. The molecule has 0 N–H and O–H groups in total. The van der Waals surface area contributed by atoms with Crippen molar-refractivity contribution < 1.29 is 4.79 Å². The van der Waals surface area contributed by atoms with Gasteiger partial charge in [-0.15, -0.1) is 0 Å². The first-order chi connectivity index (χ1) is 6.52. The van der Waals surface area contributed by atoms with E-state index in [4.69, 9.17) is 23.2 Å². The van der Waals surface area contributed by atoms with E-state index < -0.39 is 0 Å². The summed E-state index contributed by atoms with van der Waals surface area (Å²) in [4.78, 5) is 13.4. The summed E-state index contributed by atoms with van der Waals surface area (Å²) in [6, 6.07) is 3.49. The SMILES string of the molecule is CC1c2cc(Cl)c(Cl)cc2C(=O)N1C. The average Bonchev–Trinajstić information content (AvgIpc) is 2.34. The van der Waals surface area contributed by atoms with E-state index in [1.807, 2.05) is 6.92 Å². The van der Waals surface area contributed by atoms with Crippen LogP contribution in [0.5, 0.6) is 0 Å². The third-order valence-corrected chi connectivity index (χ3v) is 3.40. The van der Waals surface area contributed by atoms with E-state index in [0.29, 0.717) is 15.6 Å². The summed E-state index contributed by atoms with van der Waals surface area (Å²) in [5.74, 6) is 0.00562. The minimum absolute atomic E-state index is 0.00562. The Hall–Kier alpha value is -0.730. The van der Waals surface area contributed by atoms with Crippen LogP contribution < -0.4 is 0 Å². The number of halogens is 2. The quantitative estimate of drug-likeness (QED) is 0.670. The van der Waals surface area contributed by atoms with Gasteiger partial charge in [-0.3, -0.25) is 4.79 Å². The summed E-state index contributed by atoms with van der Waals surface area (Å²) in [5.41, 5.74) is 1.61. The first-order valence-electron chi connectivity index (χ1n) is 4.28. The van der Waals surface area contributed by atoms with Crippen LogP contribution in [0.15, 0.2) is 12.1 Å². The van der Waals surface area contributed by atoms with E-state index in [-0.39, 0.29) is 11.9 Å². The summed E-state index contributed by atoms with van der Waals surface area (Å²) >= 11 is 11.7. The predicted molar refractivity (Wildman–Crippen MR) is 57.0 cm³/mol. The van der Waals surface area contributed by atoms with Crippen molar-refractivity contribution in [1.82, 2.24) is 4.90 Å². The Morgan fingerprint density at radius 2 is 1.86 bits per heavy atom. The van der Waals surface area contributed by atoms with Gasteiger partial charge in [-0.1, -0.05) is 23.2 Å². The smallest absolute Gasteiger partial charge is 0.254 e. The van der Waals surface area contributed by atoms with E-state index in [1.165, 1.54) is 0 Å². The number of carbonyl (C=O) groups is 1. The molecule has 14 heavy (non-hydrogen) atoms. The highest BCUT2D eigenvalue weighted by Crippen LogP contribution is 2.36. The molecule has 4 heteroatoms. The molecule has 0 radical (unpaired) electrons. The summed E-state index contributed by atoms with van der Waals surface area (Å²) < 4.78 is 0. The van der Waals surface area contributed by atoms with Gasteiger partial charge in [0.05, 0.1) is 16.1 Å². The van der Waals surface area contributed by atoms with E-state index in [1.54, 1.807) is 24.1 Å². The van der Waals surface area contributed by atoms with Crippen molar-refractivity contribution in [2.45, 2.75) is 13.0 Å². The first kappa shape index (κ1) is 9.81. The third kappa shape index (κ3) is 1.22. The van der Waals surface area contributed by atoms with Gasteiger partial charge in [-0.2, -0.15) is 0 Å². The molecule has 0 bridgehead atoms. The topological polar surface area (TPSA) is 20.3 Å². The number of benzene rings is 1. The lowest BCUT2D eigenvalue weighted by molar-refractivity contribution is 0.0784. The molecule has 1 aliphatic heterocycles. The molecule has 0 spiro atoms. The molecule has 0 saturated carbocycles. The van der Waals surface area contributed by atoms with Crippen LogP contribution in [-0.2, 0) is 0 Å². The Labute approximate surface area is 92.4 Å². The van der Waals surface area contributed by atoms with Gasteiger partial charge in [0.25, 0.3) is 5.91 Å². The van der Waals surface area contributed by atoms with E-state index >= 15 is 0 Å². The van der Waals surface area contributed by atoms with Crippen molar-refractivity contribution in [2.75, 3.05) is 7.05 Å². The molecule has 1 aliphatic rings. The number of carbonyl (C=O) groups excluding carboxylic acids is 1. The Kier molecular flexibility index (Phi) is 2.20. The lowest BCUT2D eigenvalue weighted by Crippen LogP contribution is -2.20. The van der Waals surface area contributed by atoms with Crippen LogP contribution in [0.25, 0.3) is 0 Å². The van der Waals surface area contributed by atoms with Crippen LogP contribution in [0.2, 0.25) is 10.0 Å². The Morgan fingerprint density at radius 3 is 2.50 bits per heavy atom. The van der Waals surface area contributed by atoms with Gasteiger partial charge in [0.2, 0.25) is 0 Å². The van der Waals surface area contributed by atoms with Crippen molar-refractivity contribution in [2.24, 2.45) is 0 Å². The lowest BCUT2D eigenvalue weighted by Gasteiger charge is -2.14. The molecule has 1 aromatic carbocycles. The minimum atomic E-state index is 0.00562. The molecule has 0 saturated heterocycles. The number of hydrogen-bond donors (Lipinski definition) is 0. The van der Waals surface area contributed by atoms with Crippen molar-refractivity contribution in [3.8, 4) is 0 Å². The van der Waals surface area contributed by atoms with Crippen LogP contribution in [0.4, 0.5) is 0 Å². The maximum absolute atomic E-state index is 11.7. The van der Waals surface area contributed by atoms with Crippen LogP contribution >= 0.6 is 23.2 Å². The molecule has 1 atom stereocenters. The Bertz CT molecular complexity index is 417. The molecule has 0 fully saturated rings. The van der Waals surface area contributed by atoms with Gasteiger partial charge in [0.15, 0.2) is 0 Å². The summed E-state index contributed by atoms with van der Waals surface area (Å²) in [6.45, 7) is 1.97. The molecule has 1 aromatic rings. The van der Waals surface area contributed by atoms with E-state index in [2.05, 4.69) is 0 Å². The maximum atomic E-state index is 11.7. The van der Waals surface area contributed by atoms with E-state index in [9.17, 15) is 4.79 Å². The third-order valence-electron chi connectivity index (χ3n) is 2.67. The average molecular weight is 230 g/mol. The second kappa shape index (κ2) is 3.14. The van der Waals surface area contributed by atoms with Gasteiger partial charge >= 0.3 is 0 Å². The van der Waals surface area contributed by atoms with Crippen molar-refractivity contribution >= 4 is 29.1 Å². The summed E-state index contributed by atoms with van der Waals surface area (Å²) in [5, 5.41) is 0.932. The highest BCUT2D eigenvalue weighted by molar-refractivity contribution is 6.42. The molecule has 2 nitrogen and oxygen atoms in total. The van der Waals surface area contributed by atoms with Crippen LogP contribution in [0, 0.1) is 0 Å². The second-order valence-electron chi connectivity index (χ2n) is 3.45. The highest BCUT2D eigenvalue weighted by Gasteiger charge is 2.31. The largest absolute Gasteiger partial charge is 0.335 e. The fourth-order valence-corrected chi connectivity index (χ4v) is 2.00. The zero-order chi connectivity index (χ0) is 10.5. The molecule has 0 aliphatic carbocycles. The van der Waals surface area contributed by atoms with Crippen molar-refractivity contribution in [3.05, 3.63) is 33.3 Å². The second-order valence-corrected chi connectivity index (χ2v) is 4.26. The molecule has 1 unspecified atom stereocenters. The number of hydrogen-bond acceptors (Lipinski definition) is 1. The van der Waals surface area contributed by atoms with Gasteiger partial charge in [-0.05, 0) is 24.6 Å². The van der Waals surface area contributed by atoms with Crippen LogP contribution in [0.3, 0.4) is 0 Å². The van der Waals surface area contributed by atoms with Gasteiger partial charge in [0, 0.05) is 12.6 Å². The fraction of sp³-hybridized carbons (Fsp3) is 0.300. The standard InChI is InChI=1S/C10H9Cl2NO/c1-5-6-3-8(11)9(12)4-7(6)10(14)13(5)2/h3-5H,1-2H3. The zero-order valence-electron chi connectivity index (χ0n) is 7.84. The monoisotopic (exact) mass is 229 g/mol. The van der Waals surface area contributed by atoms with Crippen LogP contribution in [0.1, 0.15) is 28.9 Å². The first-order valence-corrected chi connectivity index (χ1v) is 5.04. The fourth-order valence-electron chi connectivity index (χ4n) is 1.67.